The molecule has 2 aliphatic rings. The summed E-state index contributed by atoms with van der Waals surface area (Å²) in [6.45, 7) is 6.06. The summed E-state index contributed by atoms with van der Waals surface area (Å²) in [5.41, 5.74) is 3.46. The van der Waals surface area contributed by atoms with Crippen LogP contribution in [0.3, 0.4) is 0 Å². The number of carbonyl (C=O) groups excluding carboxylic acids is 2. The van der Waals surface area contributed by atoms with Gasteiger partial charge in [0, 0.05) is 43.7 Å². The van der Waals surface area contributed by atoms with Crippen LogP contribution in [0.2, 0.25) is 0 Å². The smallest absolute Gasteiger partial charge is 0.276 e. The highest BCUT2D eigenvalue weighted by atomic mass is 16.5. The van der Waals surface area contributed by atoms with Crippen molar-refractivity contribution in [1.82, 2.24) is 10.1 Å². The maximum atomic E-state index is 13.8. The number of aryl methyl sites for hydroxylation is 1. The number of benzene rings is 1. The Morgan fingerprint density at radius 1 is 0.941 bits per heavy atom. The van der Waals surface area contributed by atoms with E-state index < -0.39 is 0 Å². The van der Waals surface area contributed by atoms with Gasteiger partial charge in [0.1, 0.15) is 5.76 Å². The van der Waals surface area contributed by atoms with Crippen molar-refractivity contribution in [2.45, 2.75) is 91.0 Å². The summed E-state index contributed by atoms with van der Waals surface area (Å²) in [7, 11) is 0. The Morgan fingerprint density at radius 3 is 2.47 bits per heavy atom. The number of hydrogen-bond acceptors (Lipinski definition) is 4. The number of rotatable bonds is 3. The highest BCUT2D eigenvalue weighted by Gasteiger charge is 2.28. The third-order valence-corrected chi connectivity index (χ3v) is 7.03. The molecule has 0 saturated heterocycles. The molecule has 0 fully saturated rings. The van der Waals surface area contributed by atoms with E-state index in [9.17, 15) is 9.59 Å². The number of para-hydroxylation sites is 1. The standard InChI is InChI=1S/C28H39N3O3/c1-21(2)19-26(32)31-18-12-5-3-4-11-17-30(20-22-13-9-10-15-24(22)31)28(33)27-23-14-7-6-8-16-25(23)34-29-27/h9-10,13,15,21H,3-8,11-12,14,16-20H2,1-2H3. The average molecular weight is 466 g/mol. The lowest BCUT2D eigenvalue weighted by molar-refractivity contribution is -0.119. The van der Waals surface area contributed by atoms with E-state index in [-0.39, 0.29) is 11.8 Å². The fourth-order valence-corrected chi connectivity index (χ4v) is 5.19. The zero-order valence-corrected chi connectivity index (χ0v) is 20.9. The SMILES string of the molecule is CC(C)CC(=O)N1CCCCCCCN(C(=O)c2noc3c2CCCCC3)Cc2ccccc21. The number of fused-ring (bicyclic) bond motifs is 2. The molecule has 1 aromatic heterocycles. The maximum Gasteiger partial charge on any atom is 0.276 e. The zero-order chi connectivity index (χ0) is 23.9. The molecule has 0 unspecified atom stereocenters. The van der Waals surface area contributed by atoms with Crippen molar-refractivity contribution in [3.8, 4) is 0 Å². The van der Waals surface area contributed by atoms with Crippen molar-refractivity contribution in [3.05, 3.63) is 46.8 Å². The van der Waals surface area contributed by atoms with Gasteiger partial charge in [0.05, 0.1) is 0 Å². The van der Waals surface area contributed by atoms with Gasteiger partial charge in [-0.15, -0.1) is 0 Å². The van der Waals surface area contributed by atoms with E-state index in [0.29, 0.717) is 31.1 Å². The Hall–Kier alpha value is -2.63. The fraction of sp³-hybridized carbons (Fsp3) is 0.607. The summed E-state index contributed by atoms with van der Waals surface area (Å²) >= 11 is 0. The van der Waals surface area contributed by atoms with Crippen LogP contribution in [0.1, 0.15) is 99.0 Å². The Balaban J connectivity index is 1.65. The number of aromatic nitrogens is 1. The Kier molecular flexibility index (Phi) is 8.41. The van der Waals surface area contributed by atoms with Gasteiger partial charge < -0.3 is 14.3 Å². The van der Waals surface area contributed by atoms with Gasteiger partial charge in [0.2, 0.25) is 5.91 Å². The largest absolute Gasteiger partial charge is 0.360 e. The van der Waals surface area contributed by atoms with Crippen molar-refractivity contribution in [3.63, 3.8) is 0 Å². The molecule has 1 aliphatic heterocycles. The molecule has 6 heteroatoms. The summed E-state index contributed by atoms with van der Waals surface area (Å²) in [5.74, 6) is 1.32. The van der Waals surface area contributed by atoms with E-state index in [1.54, 1.807) is 0 Å². The first kappa shape index (κ1) is 24.5. The monoisotopic (exact) mass is 465 g/mol. The molecule has 0 atom stereocenters. The van der Waals surface area contributed by atoms with Crippen molar-refractivity contribution < 1.29 is 14.1 Å². The lowest BCUT2D eigenvalue weighted by Crippen LogP contribution is -2.36. The molecule has 184 valence electrons. The van der Waals surface area contributed by atoms with Crippen LogP contribution in [-0.4, -0.2) is 35.0 Å². The second kappa shape index (κ2) is 11.7. The van der Waals surface area contributed by atoms with Gasteiger partial charge in [-0.05, 0) is 49.7 Å². The highest BCUT2D eigenvalue weighted by molar-refractivity contribution is 5.95. The fourth-order valence-electron chi connectivity index (χ4n) is 5.19. The van der Waals surface area contributed by atoms with Gasteiger partial charge in [-0.25, -0.2) is 0 Å². The summed E-state index contributed by atoms with van der Waals surface area (Å²) in [6.07, 6.45) is 10.9. The van der Waals surface area contributed by atoms with Gasteiger partial charge >= 0.3 is 0 Å². The van der Waals surface area contributed by atoms with E-state index in [0.717, 1.165) is 93.3 Å². The quantitative estimate of drug-likeness (QED) is 0.527. The minimum Gasteiger partial charge on any atom is -0.360 e. The van der Waals surface area contributed by atoms with Crippen LogP contribution in [0.5, 0.6) is 0 Å². The summed E-state index contributed by atoms with van der Waals surface area (Å²) in [4.78, 5) is 30.8. The normalized spacial score (nSPS) is 17.9. The van der Waals surface area contributed by atoms with Gasteiger partial charge in [0.15, 0.2) is 5.69 Å². The maximum absolute atomic E-state index is 13.8. The van der Waals surface area contributed by atoms with Gasteiger partial charge in [-0.2, -0.15) is 0 Å². The van der Waals surface area contributed by atoms with E-state index in [1.807, 2.05) is 28.0 Å². The predicted molar refractivity (Wildman–Crippen MR) is 134 cm³/mol. The third-order valence-electron chi connectivity index (χ3n) is 7.03. The second-order valence-corrected chi connectivity index (χ2v) is 10.3. The van der Waals surface area contributed by atoms with Crippen molar-refractivity contribution in [2.24, 2.45) is 5.92 Å². The van der Waals surface area contributed by atoms with Crippen LogP contribution in [0.15, 0.2) is 28.8 Å². The van der Waals surface area contributed by atoms with Crippen molar-refractivity contribution >= 4 is 17.5 Å². The molecule has 1 aliphatic carbocycles. The zero-order valence-electron chi connectivity index (χ0n) is 20.9. The minimum absolute atomic E-state index is 0.0428. The van der Waals surface area contributed by atoms with Crippen LogP contribution >= 0.6 is 0 Å². The first-order valence-electron chi connectivity index (χ1n) is 13.2. The summed E-state index contributed by atoms with van der Waals surface area (Å²) in [6, 6.07) is 8.08. The molecule has 6 nitrogen and oxygen atoms in total. The average Bonchev–Trinajstić information content (AvgIpc) is 3.06. The molecule has 1 aromatic carbocycles. The summed E-state index contributed by atoms with van der Waals surface area (Å²) in [5, 5.41) is 4.25. The molecule has 0 spiro atoms. The predicted octanol–water partition coefficient (Wildman–Crippen LogP) is 5.93. The second-order valence-electron chi connectivity index (χ2n) is 10.3. The molecular weight excluding hydrogens is 426 g/mol. The molecule has 4 rings (SSSR count). The van der Waals surface area contributed by atoms with E-state index in [4.69, 9.17) is 4.52 Å². The lowest BCUT2D eigenvalue weighted by Gasteiger charge is -2.29. The molecular formula is C28H39N3O3. The molecule has 2 amide bonds. The topological polar surface area (TPSA) is 66.7 Å². The Morgan fingerprint density at radius 2 is 1.65 bits per heavy atom. The Bertz CT molecular complexity index is 981. The van der Waals surface area contributed by atoms with Gasteiger partial charge in [0.25, 0.3) is 5.91 Å². The first-order chi connectivity index (χ1) is 16.5. The number of nitrogens with zero attached hydrogens (tertiary/aromatic N) is 3. The molecule has 0 bridgehead atoms. The van der Waals surface area contributed by atoms with Crippen LogP contribution < -0.4 is 4.90 Å². The Labute approximate surface area is 203 Å². The van der Waals surface area contributed by atoms with Crippen LogP contribution in [0.4, 0.5) is 5.69 Å². The van der Waals surface area contributed by atoms with Gasteiger partial charge in [-0.1, -0.05) is 62.9 Å². The molecule has 0 saturated carbocycles. The summed E-state index contributed by atoms with van der Waals surface area (Å²) < 4.78 is 5.62. The van der Waals surface area contributed by atoms with Crippen LogP contribution in [0, 0.1) is 5.92 Å². The van der Waals surface area contributed by atoms with Crippen molar-refractivity contribution in [2.75, 3.05) is 18.0 Å². The molecule has 0 radical (unpaired) electrons. The lowest BCUT2D eigenvalue weighted by atomic mass is 10.0. The molecule has 2 heterocycles. The number of anilines is 1. The van der Waals surface area contributed by atoms with Gasteiger partial charge in [-0.3, -0.25) is 9.59 Å². The number of carbonyl (C=O) groups is 2. The van der Waals surface area contributed by atoms with E-state index in [2.05, 4.69) is 25.1 Å². The highest BCUT2D eigenvalue weighted by Crippen LogP contribution is 2.28. The van der Waals surface area contributed by atoms with Crippen molar-refractivity contribution in [1.29, 1.82) is 0 Å². The number of hydrogen-bond donors (Lipinski definition) is 0. The van der Waals surface area contributed by atoms with Crippen LogP contribution in [-0.2, 0) is 24.2 Å². The van der Waals surface area contributed by atoms with E-state index in [1.165, 1.54) is 0 Å². The molecule has 0 N–H and O–H groups in total. The minimum atomic E-state index is -0.0428. The molecule has 34 heavy (non-hydrogen) atoms. The molecule has 2 aromatic rings. The third kappa shape index (κ3) is 5.89. The number of amides is 2. The van der Waals surface area contributed by atoms with Crippen LogP contribution in [0.25, 0.3) is 0 Å². The first-order valence-corrected chi connectivity index (χ1v) is 13.2. The van der Waals surface area contributed by atoms with E-state index >= 15 is 0 Å².